The SMILES string of the molecule is COC(=O)c1cc(-c2ccc(C(=O)NC[C@@H]3CCCO3)cc2)c[nH]1. The molecule has 1 aliphatic rings. The van der Waals surface area contributed by atoms with E-state index >= 15 is 0 Å². The van der Waals surface area contributed by atoms with E-state index in [0.717, 1.165) is 30.6 Å². The summed E-state index contributed by atoms with van der Waals surface area (Å²) in [6.07, 6.45) is 3.91. The highest BCUT2D eigenvalue weighted by Crippen LogP contribution is 2.21. The molecule has 6 heteroatoms. The van der Waals surface area contributed by atoms with Gasteiger partial charge in [-0.25, -0.2) is 4.79 Å². The Hall–Kier alpha value is -2.60. The first kappa shape index (κ1) is 16.3. The van der Waals surface area contributed by atoms with Gasteiger partial charge in [-0.3, -0.25) is 4.79 Å². The zero-order chi connectivity index (χ0) is 16.9. The van der Waals surface area contributed by atoms with Gasteiger partial charge in [0.05, 0.1) is 13.2 Å². The van der Waals surface area contributed by atoms with Gasteiger partial charge in [-0.2, -0.15) is 0 Å². The van der Waals surface area contributed by atoms with Gasteiger partial charge >= 0.3 is 5.97 Å². The highest BCUT2D eigenvalue weighted by molar-refractivity contribution is 5.95. The van der Waals surface area contributed by atoms with E-state index in [2.05, 4.69) is 15.0 Å². The molecular weight excluding hydrogens is 308 g/mol. The Bertz CT molecular complexity index is 715. The quantitative estimate of drug-likeness (QED) is 0.826. The fourth-order valence-corrected chi connectivity index (χ4v) is 2.72. The van der Waals surface area contributed by atoms with Crippen LogP contribution in [0.2, 0.25) is 0 Å². The first-order valence-corrected chi connectivity index (χ1v) is 7.94. The van der Waals surface area contributed by atoms with Gasteiger partial charge in [0.25, 0.3) is 5.91 Å². The summed E-state index contributed by atoms with van der Waals surface area (Å²) in [7, 11) is 1.34. The van der Waals surface area contributed by atoms with E-state index in [-0.39, 0.29) is 12.0 Å². The van der Waals surface area contributed by atoms with Crippen molar-refractivity contribution in [2.75, 3.05) is 20.3 Å². The number of carbonyl (C=O) groups is 2. The van der Waals surface area contributed by atoms with E-state index in [1.165, 1.54) is 7.11 Å². The van der Waals surface area contributed by atoms with Crippen molar-refractivity contribution in [2.24, 2.45) is 0 Å². The summed E-state index contributed by atoms with van der Waals surface area (Å²) in [5.74, 6) is -0.521. The molecule has 1 aromatic heterocycles. The van der Waals surface area contributed by atoms with E-state index < -0.39 is 5.97 Å². The van der Waals surface area contributed by atoms with Crippen LogP contribution in [0, 0.1) is 0 Å². The minimum absolute atomic E-state index is 0.110. The van der Waals surface area contributed by atoms with Crippen LogP contribution < -0.4 is 5.32 Å². The molecule has 2 N–H and O–H groups in total. The van der Waals surface area contributed by atoms with Crippen LogP contribution in [-0.4, -0.2) is 43.2 Å². The van der Waals surface area contributed by atoms with Gasteiger partial charge < -0.3 is 19.8 Å². The number of H-pyrrole nitrogens is 1. The fourth-order valence-electron chi connectivity index (χ4n) is 2.72. The van der Waals surface area contributed by atoms with Crippen LogP contribution in [0.1, 0.15) is 33.7 Å². The van der Waals surface area contributed by atoms with Crippen LogP contribution in [0.25, 0.3) is 11.1 Å². The molecule has 1 aromatic carbocycles. The topological polar surface area (TPSA) is 80.4 Å². The normalized spacial score (nSPS) is 16.8. The van der Waals surface area contributed by atoms with E-state index in [9.17, 15) is 9.59 Å². The highest BCUT2D eigenvalue weighted by atomic mass is 16.5. The van der Waals surface area contributed by atoms with Crippen LogP contribution in [0.5, 0.6) is 0 Å². The summed E-state index contributed by atoms with van der Waals surface area (Å²) in [6, 6.07) is 8.96. The summed E-state index contributed by atoms with van der Waals surface area (Å²) < 4.78 is 10.2. The molecule has 0 spiro atoms. The Morgan fingerprint density at radius 3 is 2.75 bits per heavy atom. The van der Waals surface area contributed by atoms with Crippen molar-refractivity contribution >= 4 is 11.9 Å². The predicted octanol–water partition coefficient (Wildman–Crippen LogP) is 2.38. The molecule has 2 heterocycles. The number of aromatic amines is 1. The number of amides is 1. The Kier molecular flexibility index (Phi) is 4.96. The first-order chi connectivity index (χ1) is 11.7. The van der Waals surface area contributed by atoms with Crippen LogP contribution in [0.15, 0.2) is 36.5 Å². The Morgan fingerprint density at radius 2 is 2.08 bits per heavy atom. The molecular formula is C18H20N2O4. The second-order valence-corrected chi connectivity index (χ2v) is 5.72. The summed E-state index contributed by atoms with van der Waals surface area (Å²) in [6.45, 7) is 1.32. The maximum Gasteiger partial charge on any atom is 0.354 e. The van der Waals surface area contributed by atoms with Crippen molar-refractivity contribution in [3.63, 3.8) is 0 Å². The lowest BCUT2D eigenvalue weighted by Crippen LogP contribution is -2.31. The van der Waals surface area contributed by atoms with Crippen LogP contribution in [0.4, 0.5) is 0 Å². The van der Waals surface area contributed by atoms with Crippen molar-refractivity contribution in [3.05, 3.63) is 47.8 Å². The fraction of sp³-hybridized carbons (Fsp3) is 0.333. The maximum absolute atomic E-state index is 12.1. The smallest absolute Gasteiger partial charge is 0.354 e. The summed E-state index contributed by atoms with van der Waals surface area (Å²) in [5, 5.41) is 2.90. The third-order valence-electron chi connectivity index (χ3n) is 4.08. The number of hydrogen-bond acceptors (Lipinski definition) is 4. The van der Waals surface area contributed by atoms with Gasteiger partial charge in [-0.05, 0) is 42.2 Å². The third-order valence-corrected chi connectivity index (χ3v) is 4.08. The van der Waals surface area contributed by atoms with E-state index in [4.69, 9.17) is 4.74 Å². The second kappa shape index (κ2) is 7.31. The molecule has 1 aliphatic heterocycles. The minimum atomic E-state index is -0.411. The van der Waals surface area contributed by atoms with E-state index in [1.54, 1.807) is 24.4 Å². The van der Waals surface area contributed by atoms with Gasteiger partial charge in [-0.15, -0.1) is 0 Å². The third kappa shape index (κ3) is 3.65. The van der Waals surface area contributed by atoms with Gasteiger partial charge in [0.1, 0.15) is 5.69 Å². The molecule has 126 valence electrons. The lowest BCUT2D eigenvalue weighted by Gasteiger charge is -2.11. The molecule has 1 amide bonds. The van der Waals surface area contributed by atoms with Crippen molar-refractivity contribution in [1.82, 2.24) is 10.3 Å². The zero-order valence-corrected chi connectivity index (χ0v) is 13.5. The average Bonchev–Trinajstić information content (AvgIpc) is 3.31. The number of methoxy groups -OCH3 is 1. The average molecular weight is 328 g/mol. The van der Waals surface area contributed by atoms with E-state index in [1.807, 2.05) is 12.1 Å². The number of ether oxygens (including phenoxy) is 2. The number of hydrogen-bond donors (Lipinski definition) is 2. The van der Waals surface area contributed by atoms with Crippen molar-refractivity contribution in [2.45, 2.75) is 18.9 Å². The molecule has 0 saturated carbocycles. The number of benzene rings is 1. The zero-order valence-electron chi connectivity index (χ0n) is 13.5. The van der Waals surface area contributed by atoms with Gasteiger partial charge in [0, 0.05) is 24.9 Å². The van der Waals surface area contributed by atoms with Gasteiger partial charge in [0.2, 0.25) is 0 Å². The number of nitrogens with one attached hydrogen (secondary N) is 2. The summed E-state index contributed by atoms with van der Waals surface area (Å²) in [5.41, 5.74) is 2.77. The number of carbonyl (C=O) groups excluding carboxylic acids is 2. The Labute approximate surface area is 140 Å². The molecule has 0 unspecified atom stereocenters. The number of esters is 1. The molecule has 3 rings (SSSR count). The molecule has 2 aromatic rings. The maximum atomic E-state index is 12.1. The molecule has 1 atom stereocenters. The van der Waals surface area contributed by atoms with Crippen molar-refractivity contribution < 1.29 is 19.1 Å². The monoisotopic (exact) mass is 328 g/mol. The molecule has 0 bridgehead atoms. The lowest BCUT2D eigenvalue weighted by molar-refractivity contribution is 0.0594. The highest BCUT2D eigenvalue weighted by Gasteiger charge is 2.16. The van der Waals surface area contributed by atoms with Gasteiger partial charge in [0.15, 0.2) is 0 Å². The number of aromatic nitrogens is 1. The predicted molar refractivity (Wildman–Crippen MR) is 88.9 cm³/mol. The Balaban J connectivity index is 1.63. The van der Waals surface area contributed by atoms with Crippen molar-refractivity contribution in [3.8, 4) is 11.1 Å². The molecule has 1 fully saturated rings. The minimum Gasteiger partial charge on any atom is -0.464 e. The largest absolute Gasteiger partial charge is 0.464 e. The molecule has 24 heavy (non-hydrogen) atoms. The lowest BCUT2D eigenvalue weighted by atomic mass is 10.1. The second-order valence-electron chi connectivity index (χ2n) is 5.72. The van der Waals surface area contributed by atoms with Gasteiger partial charge in [-0.1, -0.05) is 12.1 Å². The number of rotatable bonds is 5. The summed E-state index contributed by atoms with van der Waals surface area (Å²) in [4.78, 5) is 26.5. The molecule has 0 aliphatic carbocycles. The molecule has 6 nitrogen and oxygen atoms in total. The first-order valence-electron chi connectivity index (χ1n) is 7.94. The van der Waals surface area contributed by atoms with E-state index in [0.29, 0.717) is 17.8 Å². The Morgan fingerprint density at radius 1 is 1.29 bits per heavy atom. The van der Waals surface area contributed by atoms with Crippen LogP contribution in [-0.2, 0) is 9.47 Å². The van der Waals surface area contributed by atoms with Crippen LogP contribution in [0.3, 0.4) is 0 Å². The molecule has 0 radical (unpaired) electrons. The molecule has 1 saturated heterocycles. The summed E-state index contributed by atoms with van der Waals surface area (Å²) >= 11 is 0. The standard InChI is InChI=1S/C18H20N2O4/c1-23-18(22)16-9-14(10-19-16)12-4-6-13(7-5-12)17(21)20-11-15-3-2-8-24-15/h4-7,9-10,15,19H,2-3,8,11H2,1H3,(H,20,21)/t15-/m0/s1. The van der Waals surface area contributed by atoms with Crippen LogP contribution >= 0.6 is 0 Å². The van der Waals surface area contributed by atoms with Crippen molar-refractivity contribution in [1.29, 1.82) is 0 Å².